The first-order valence-electron chi connectivity index (χ1n) is 9.15. The van der Waals surface area contributed by atoms with Crippen LogP contribution in [0.15, 0.2) is 47.4 Å². The van der Waals surface area contributed by atoms with Crippen molar-refractivity contribution in [2.75, 3.05) is 26.3 Å². The fourth-order valence-electron chi connectivity index (χ4n) is 3.04. The summed E-state index contributed by atoms with van der Waals surface area (Å²) in [4.78, 5) is 12.8. The zero-order valence-electron chi connectivity index (χ0n) is 15.7. The van der Waals surface area contributed by atoms with E-state index in [1.165, 1.54) is 10.4 Å². The van der Waals surface area contributed by atoms with Gasteiger partial charge < -0.3 is 10.1 Å². The van der Waals surface area contributed by atoms with Gasteiger partial charge in [0.15, 0.2) is 0 Å². The van der Waals surface area contributed by atoms with Crippen molar-refractivity contribution in [3.05, 3.63) is 64.2 Å². The Kier molecular flexibility index (Phi) is 6.72. The third-order valence-electron chi connectivity index (χ3n) is 4.66. The maximum absolute atomic E-state index is 13.1. The summed E-state index contributed by atoms with van der Waals surface area (Å²) in [5, 5.41) is 3.45. The zero-order chi connectivity index (χ0) is 20.1. The number of morpholine rings is 1. The number of sulfonamides is 1. The van der Waals surface area contributed by atoms with Crippen LogP contribution in [0.4, 0.5) is 0 Å². The van der Waals surface area contributed by atoms with E-state index in [4.69, 9.17) is 16.3 Å². The second-order valence-electron chi connectivity index (χ2n) is 6.50. The smallest absolute Gasteiger partial charge is 0.251 e. The van der Waals surface area contributed by atoms with E-state index in [0.29, 0.717) is 55.4 Å². The number of nitrogens with zero attached hydrogens (tertiary/aromatic N) is 1. The van der Waals surface area contributed by atoms with Crippen LogP contribution in [0.5, 0.6) is 0 Å². The first-order valence-corrected chi connectivity index (χ1v) is 11.0. The molecule has 0 radical (unpaired) electrons. The Morgan fingerprint density at radius 2 is 1.82 bits per heavy atom. The van der Waals surface area contributed by atoms with E-state index < -0.39 is 10.0 Å². The molecule has 1 saturated heterocycles. The average Bonchev–Trinajstić information content (AvgIpc) is 2.73. The highest BCUT2D eigenvalue weighted by molar-refractivity contribution is 7.89. The fourth-order valence-corrected chi connectivity index (χ4v) is 4.89. The lowest BCUT2D eigenvalue weighted by Gasteiger charge is -2.27. The largest absolute Gasteiger partial charge is 0.379 e. The molecule has 0 aliphatic carbocycles. The molecule has 150 valence electrons. The van der Waals surface area contributed by atoms with Crippen LogP contribution >= 0.6 is 11.6 Å². The molecule has 8 heteroatoms. The topological polar surface area (TPSA) is 75.7 Å². The molecule has 0 atom stereocenters. The molecule has 1 aliphatic heterocycles. The number of rotatable bonds is 6. The number of carbonyl (C=O) groups excluding carboxylic acids is 1. The summed E-state index contributed by atoms with van der Waals surface area (Å²) in [6, 6.07) is 12.0. The van der Waals surface area contributed by atoms with Gasteiger partial charge in [-0.1, -0.05) is 36.7 Å². The molecule has 1 aliphatic rings. The SMILES string of the molecule is CCc1ccc(C(=O)NCc2ccc(Cl)cc2)cc1S(=O)(=O)N1CCOCC1. The van der Waals surface area contributed by atoms with Gasteiger partial charge in [-0.3, -0.25) is 4.79 Å². The standard InChI is InChI=1S/C20H23ClN2O4S/c1-2-16-5-6-17(20(24)22-14-15-3-7-18(21)8-4-15)13-19(16)28(25,26)23-9-11-27-12-10-23/h3-8,13H,2,9-12,14H2,1H3,(H,22,24). The van der Waals surface area contributed by atoms with Gasteiger partial charge in [0.1, 0.15) is 0 Å². The van der Waals surface area contributed by atoms with Crippen LogP contribution in [0.1, 0.15) is 28.4 Å². The highest BCUT2D eigenvalue weighted by Crippen LogP contribution is 2.23. The van der Waals surface area contributed by atoms with Crippen molar-refractivity contribution in [1.29, 1.82) is 0 Å². The van der Waals surface area contributed by atoms with E-state index in [1.807, 2.05) is 19.1 Å². The van der Waals surface area contributed by atoms with Gasteiger partial charge in [-0.15, -0.1) is 0 Å². The number of hydrogen-bond acceptors (Lipinski definition) is 4. The van der Waals surface area contributed by atoms with Gasteiger partial charge in [0.25, 0.3) is 5.91 Å². The molecular formula is C20H23ClN2O4S. The highest BCUT2D eigenvalue weighted by Gasteiger charge is 2.29. The van der Waals surface area contributed by atoms with Crippen LogP contribution in [-0.2, 0) is 27.7 Å². The first kappa shape index (κ1) is 20.8. The number of ether oxygens (including phenoxy) is 1. The van der Waals surface area contributed by atoms with Crippen LogP contribution < -0.4 is 5.32 Å². The Morgan fingerprint density at radius 1 is 1.14 bits per heavy atom. The summed E-state index contributed by atoms with van der Waals surface area (Å²) in [5.41, 5.74) is 1.92. The lowest BCUT2D eigenvalue weighted by atomic mass is 10.1. The Bertz CT molecular complexity index is 939. The molecule has 1 amide bonds. The van der Waals surface area contributed by atoms with Crippen molar-refractivity contribution in [1.82, 2.24) is 9.62 Å². The van der Waals surface area contributed by atoms with Crippen LogP contribution in [0.3, 0.4) is 0 Å². The minimum absolute atomic E-state index is 0.191. The van der Waals surface area contributed by atoms with Gasteiger partial charge in [-0.05, 0) is 41.8 Å². The van der Waals surface area contributed by atoms with Crippen molar-refractivity contribution in [3.63, 3.8) is 0 Å². The summed E-state index contributed by atoms with van der Waals surface area (Å²) in [7, 11) is -3.67. The van der Waals surface area contributed by atoms with E-state index in [1.54, 1.807) is 24.3 Å². The van der Waals surface area contributed by atoms with E-state index in [2.05, 4.69) is 5.32 Å². The minimum Gasteiger partial charge on any atom is -0.379 e. The first-order chi connectivity index (χ1) is 13.4. The quantitative estimate of drug-likeness (QED) is 0.776. The van der Waals surface area contributed by atoms with Gasteiger partial charge >= 0.3 is 0 Å². The third-order valence-corrected chi connectivity index (χ3v) is 6.90. The van der Waals surface area contributed by atoms with Crippen LogP contribution in [-0.4, -0.2) is 44.9 Å². The second-order valence-corrected chi connectivity index (χ2v) is 8.84. The Labute approximate surface area is 170 Å². The molecule has 0 unspecified atom stereocenters. The second kappa shape index (κ2) is 9.05. The normalized spacial score (nSPS) is 15.4. The van der Waals surface area contributed by atoms with Crippen molar-refractivity contribution < 1.29 is 17.9 Å². The number of aryl methyl sites for hydroxylation is 1. The van der Waals surface area contributed by atoms with E-state index in [-0.39, 0.29) is 10.8 Å². The van der Waals surface area contributed by atoms with Crippen LogP contribution in [0.2, 0.25) is 5.02 Å². The number of benzene rings is 2. The van der Waals surface area contributed by atoms with E-state index in [0.717, 1.165) is 5.56 Å². The molecule has 1 heterocycles. The molecule has 1 N–H and O–H groups in total. The molecule has 1 fully saturated rings. The summed E-state index contributed by atoms with van der Waals surface area (Å²) in [6.45, 7) is 3.62. The van der Waals surface area contributed by atoms with Gasteiger partial charge in [0, 0.05) is 30.2 Å². The summed E-state index contributed by atoms with van der Waals surface area (Å²) in [6.07, 6.45) is 0.561. The number of nitrogens with one attached hydrogen (secondary N) is 1. The Balaban J connectivity index is 1.81. The van der Waals surface area contributed by atoms with Gasteiger partial charge in [0.05, 0.1) is 18.1 Å². The molecule has 0 aromatic heterocycles. The summed E-state index contributed by atoms with van der Waals surface area (Å²) in [5.74, 6) is -0.323. The highest BCUT2D eigenvalue weighted by atomic mass is 35.5. The van der Waals surface area contributed by atoms with E-state index in [9.17, 15) is 13.2 Å². The van der Waals surface area contributed by atoms with Crippen molar-refractivity contribution in [3.8, 4) is 0 Å². The minimum atomic E-state index is -3.67. The summed E-state index contributed by atoms with van der Waals surface area (Å²) < 4.78 is 32.8. The lowest BCUT2D eigenvalue weighted by Crippen LogP contribution is -2.41. The molecular weight excluding hydrogens is 400 g/mol. The van der Waals surface area contributed by atoms with Crippen molar-refractivity contribution in [2.45, 2.75) is 24.8 Å². The van der Waals surface area contributed by atoms with E-state index >= 15 is 0 Å². The Morgan fingerprint density at radius 3 is 2.46 bits per heavy atom. The monoisotopic (exact) mass is 422 g/mol. The molecule has 0 spiro atoms. The lowest BCUT2D eigenvalue weighted by molar-refractivity contribution is 0.0730. The predicted octanol–water partition coefficient (Wildman–Crippen LogP) is 2.85. The fraction of sp³-hybridized carbons (Fsp3) is 0.350. The number of amides is 1. The van der Waals surface area contributed by atoms with Gasteiger partial charge in [0.2, 0.25) is 10.0 Å². The summed E-state index contributed by atoms with van der Waals surface area (Å²) >= 11 is 5.87. The molecule has 28 heavy (non-hydrogen) atoms. The number of hydrogen-bond donors (Lipinski definition) is 1. The molecule has 2 aromatic rings. The van der Waals surface area contributed by atoms with Crippen molar-refractivity contribution in [2.24, 2.45) is 0 Å². The third kappa shape index (κ3) is 4.72. The van der Waals surface area contributed by atoms with Gasteiger partial charge in [-0.25, -0.2) is 8.42 Å². The zero-order valence-corrected chi connectivity index (χ0v) is 17.2. The molecule has 0 saturated carbocycles. The van der Waals surface area contributed by atoms with Crippen molar-refractivity contribution >= 4 is 27.5 Å². The maximum Gasteiger partial charge on any atom is 0.251 e. The molecule has 0 bridgehead atoms. The average molecular weight is 423 g/mol. The predicted molar refractivity (Wildman–Crippen MR) is 108 cm³/mol. The van der Waals surface area contributed by atoms with Gasteiger partial charge in [-0.2, -0.15) is 4.31 Å². The number of halogens is 1. The molecule has 6 nitrogen and oxygen atoms in total. The number of carbonyl (C=O) groups is 1. The van der Waals surface area contributed by atoms with Crippen LogP contribution in [0.25, 0.3) is 0 Å². The molecule has 2 aromatic carbocycles. The van der Waals surface area contributed by atoms with Crippen LogP contribution in [0, 0.1) is 0 Å². The molecule has 3 rings (SSSR count). The maximum atomic E-state index is 13.1. The Hall–Kier alpha value is -1.93.